The fourth-order valence-corrected chi connectivity index (χ4v) is 2.64. The fourth-order valence-electron chi connectivity index (χ4n) is 1.22. The van der Waals surface area contributed by atoms with Crippen molar-refractivity contribution in [3.8, 4) is 0 Å². The van der Waals surface area contributed by atoms with Crippen molar-refractivity contribution in [2.75, 3.05) is 12.4 Å². The minimum atomic E-state index is -0.972. The van der Waals surface area contributed by atoms with Crippen LogP contribution in [-0.2, 0) is 5.75 Å². The maximum Gasteiger partial charge on any atom is 0.335 e. The van der Waals surface area contributed by atoms with Crippen molar-refractivity contribution in [1.29, 1.82) is 0 Å². The van der Waals surface area contributed by atoms with Crippen molar-refractivity contribution >= 4 is 29.3 Å². The van der Waals surface area contributed by atoms with Crippen LogP contribution in [0.15, 0.2) is 18.2 Å². The Morgan fingerprint density at radius 2 is 2.24 bits per heavy atom. The summed E-state index contributed by atoms with van der Waals surface area (Å²) in [5, 5.41) is 18.1. The van der Waals surface area contributed by atoms with Crippen LogP contribution < -0.4 is 0 Å². The van der Waals surface area contributed by atoms with Crippen molar-refractivity contribution in [2.45, 2.75) is 12.7 Å². The predicted octanol–water partition coefficient (Wildman–Crippen LogP) is 2.90. The molecule has 0 aliphatic rings. The number of thioether (sulfide) groups is 1. The number of benzene rings is 1. The third-order valence-corrected chi connectivity index (χ3v) is 3.94. The number of hydrogen-bond acceptors (Lipinski definition) is 3. The highest BCUT2D eigenvalue weighted by atomic mass is 35.5. The van der Waals surface area contributed by atoms with Crippen LogP contribution in [0.2, 0.25) is 5.02 Å². The van der Waals surface area contributed by atoms with Gasteiger partial charge in [-0.1, -0.05) is 24.6 Å². The van der Waals surface area contributed by atoms with Gasteiger partial charge in [0.25, 0.3) is 0 Å². The Kier molecular flexibility index (Phi) is 5.82. The van der Waals surface area contributed by atoms with Gasteiger partial charge in [-0.3, -0.25) is 0 Å². The Morgan fingerprint density at radius 1 is 1.53 bits per heavy atom. The van der Waals surface area contributed by atoms with Gasteiger partial charge in [-0.25, -0.2) is 4.79 Å². The maximum absolute atomic E-state index is 10.7. The largest absolute Gasteiger partial charge is 0.478 e. The molecule has 2 N–H and O–H groups in total. The second-order valence-corrected chi connectivity index (χ2v) is 5.35. The molecule has 1 atom stereocenters. The molecular weight excluding hydrogens is 260 g/mol. The van der Waals surface area contributed by atoms with Gasteiger partial charge in [0.1, 0.15) is 0 Å². The van der Waals surface area contributed by atoms with Crippen LogP contribution in [0, 0.1) is 5.92 Å². The molecule has 0 saturated heterocycles. The van der Waals surface area contributed by atoms with E-state index in [1.165, 1.54) is 6.07 Å². The monoisotopic (exact) mass is 274 g/mol. The Labute approximate surface area is 110 Å². The standard InChI is InChI=1S/C12H15ClO3S/c1-8(5-14)6-17-7-10-3-2-9(12(15)16)4-11(10)13/h2-4,8,14H,5-7H2,1H3,(H,15,16). The summed E-state index contributed by atoms with van der Waals surface area (Å²) in [4.78, 5) is 10.7. The molecule has 0 heterocycles. The number of rotatable bonds is 6. The molecule has 0 saturated carbocycles. The molecular formula is C12H15ClO3S. The van der Waals surface area contributed by atoms with Crippen molar-refractivity contribution in [2.24, 2.45) is 5.92 Å². The summed E-state index contributed by atoms with van der Waals surface area (Å²) in [5.74, 6) is 0.869. The molecule has 0 bridgehead atoms. The van der Waals surface area contributed by atoms with E-state index in [-0.39, 0.29) is 18.1 Å². The van der Waals surface area contributed by atoms with Crippen molar-refractivity contribution in [1.82, 2.24) is 0 Å². The summed E-state index contributed by atoms with van der Waals surface area (Å²) in [5.41, 5.74) is 1.12. The minimum absolute atomic E-state index is 0.179. The molecule has 5 heteroatoms. The molecule has 0 amide bonds. The Hall–Kier alpha value is -0.710. The van der Waals surface area contributed by atoms with Crippen LogP contribution >= 0.6 is 23.4 Å². The Balaban J connectivity index is 2.57. The number of carboxylic acid groups (broad SMARTS) is 1. The lowest BCUT2D eigenvalue weighted by atomic mass is 10.1. The van der Waals surface area contributed by atoms with Gasteiger partial charge in [0, 0.05) is 17.4 Å². The third kappa shape index (κ3) is 4.58. The minimum Gasteiger partial charge on any atom is -0.478 e. The lowest BCUT2D eigenvalue weighted by Crippen LogP contribution is -2.03. The first-order chi connectivity index (χ1) is 8.04. The average molecular weight is 275 g/mol. The highest BCUT2D eigenvalue weighted by Crippen LogP contribution is 2.23. The van der Waals surface area contributed by atoms with Crippen LogP contribution in [0.4, 0.5) is 0 Å². The third-order valence-electron chi connectivity index (χ3n) is 2.27. The molecule has 1 aromatic carbocycles. The number of aliphatic hydroxyl groups is 1. The number of halogens is 1. The zero-order valence-electron chi connectivity index (χ0n) is 9.52. The van der Waals surface area contributed by atoms with Crippen LogP contribution in [0.5, 0.6) is 0 Å². The van der Waals surface area contributed by atoms with Gasteiger partial charge in [-0.15, -0.1) is 0 Å². The zero-order valence-corrected chi connectivity index (χ0v) is 11.1. The molecule has 0 aliphatic carbocycles. The first-order valence-electron chi connectivity index (χ1n) is 5.25. The van der Waals surface area contributed by atoms with E-state index >= 15 is 0 Å². The summed E-state index contributed by atoms with van der Waals surface area (Å²) < 4.78 is 0. The van der Waals surface area contributed by atoms with Gasteiger partial charge in [-0.2, -0.15) is 11.8 Å². The average Bonchev–Trinajstić information content (AvgIpc) is 2.30. The van der Waals surface area contributed by atoms with Gasteiger partial charge in [0.15, 0.2) is 0 Å². The quantitative estimate of drug-likeness (QED) is 0.837. The van der Waals surface area contributed by atoms with E-state index < -0.39 is 5.97 Å². The van der Waals surface area contributed by atoms with Crippen LogP contribution in [0.3, 0.4) is 0 Å². The van der Waals surface area contributed by atoms with E-state index in [0.29, 0.717) is 5.02 Å². The van der Waals surface area contributed by atoms with E-state index in [9.17, 15) is 4.79 Å². The highest BCUT2D eigenvalue weighted by molar-refractivity contribution is 7.98. The maximum atomic E-state index is 10.7. The zero-order chi connectivity index (χ0) is 12.8. The topological polar surface area (TPSA) is 57.5 Å². The van der Waals surface area contributed by atoms with Gasteiger partial charge in [0.05, 0.1) is 5.56 Å². The molecule has 3 nitrogen and oxygen atoms in total. The molecule has 0 spiro atoms. The fraction of sp³-hybridized carbons (Fsp3) is 0.417. The number of carboxylic acids is 1. The SMILES string of the molecule is CC(CO)CSCc1ccc(C(=O)O)cc1Cl. The van der Waals surface area contributed by atoms with Crippen molar-refractivity contribution in [3.05, 3.63) is 34.3 Å². The van der Waals surface area contributed by atoms with Gasteiger partial charge in [0.2, 0.25) is 0 Å². The molecule has 17 heavy (non-hydrogen) atoms. The summed E-state index contributed by atoms with van der Waals surface area (Å²) >= 11 is 7.67. The van der Waals surface area contributed by atoms with E-state index in [4.69, 9.17) is 21.8 Å². The number of aromatic carboxylic acids is 1. The normalized spacial score (nSPS) is 12.4. The summed E-state index contributed by atoms with van der Waals surface area (Å²) in [7, 11) is 0. The van der Waals surface area contributed by atoms with Crippen molar-refractivity contribution in [3.63, 3.8) is 0 Å². The van der Waals surface area contributed by atoms with Crippen molar-refractivity contribution < 1.29 is 15.0 Å². The van der Waals surface area contributed by atoms with E-state index in [0.717, 1.165) is 17.1 Å². The molecule has 1 unspecified atom stereocenters. The number of aliphatic hydroxyl groups excluding tert-OH is 1. The lowest BCUT2D eigenvalue weighted by Gasteiger charge is -2.08. The second-order valence-electron chi connectivity index (χ2n) is 3.91. The molecule has 1 aromatic rings. The molecule has 1 rings (SSSR count). The molecule has 94 valence electrons. The summed E-state index contributed by atoms with van der Waals surface area (Å²) in [6.45, 7) is 2.15. The van der Waals surface area contributed by atoms with E-state index in [1.54, 1.807) is 23.9 Å². The smallest absolute Gasteiger partial charge is 0.335 e. The number of hydrogen-bond donors (Lipinski definition) is 2. The Morgan fingerprint density at radius 3 is 2.76 bits per heavy atom. The molecule has 0 aromatic heterocycles. The first kappa shape index (κ1) is 14.4. The van der Waals surface area contributed by atoms with Crippen LogP contribution in [-0.4, -0.2) is 28.5 Å². The lowest BCUT2D eigenvalue weighted by molar-refractivity contribution is 0.0697. The van der Waals surface area contributed by atoms with Crippen LogP contribution in [0.25, 0.3) is 0 Å². The number of carbonyl (C=O) groups is 1. The van der Waals surface area contributed by atoms with E-state index in [1.807, 2.05) is 6.92 Å². The van der Waals surface area contributed by atoms with Gasteiger partial charge < -0.3 is 10.2 Å². The van der Waals surface area contributed by atoms with E-state index in [2.05, 4.69) is 0 Å². The van der Waals surface area contributed by atoms with Gasteiger partial charge >= 0.3 is 5.97 Å². The highest BCUT2D eigenvalue weighted by Gasteiger charge is 2.07. The Bertz CT molecular complexity index is 395. The predicted molar refractivity (Wildman–Crippen MR) is 70.8 cm³/mol. The van der Waals surface area contributed by atoms with Gasteiger partial charge in [-0.05, 0) is 29.4 Å². The van der Waals surface area contributed by atoms with Crippen LogP contribution in [0.1, 0.15) is 22.8 Å². The first-order valence-corrected chi connectivity index (χ1v) is 6.78. The second kappa shape index (κ2) is 6.89. The molecule has 0 aliphatic heterocycles. The summed E-state index contributed by atoms with van der Waals surface area (Å²) in [6, 6.07) is 4.76. The molecule has 0 fully saturated rings. The summed E-state index contributed by atoms with van der Waals surface area (Å²) in [6.07, 6.45) is 0. The molecule has 0 radical (unpaired) electrons.